The van der Waals surface area contributed by atoms with Gasteiger partial charge in [-0.2, -0.15) is 0 Å². The van der Waals surface area contributed by atoms with Gasteiger partial charge in [-0.15, -0.1) is 0 Å². The molecule has 0 amide bonds. The Bertz CT molecular complexity index is 247. The summed E-state index contributed by atoms with van der Waals surface area (Å²) in [6.45, 7) is 4.01. The van der Waals surface area contributed by atoms with Crippen LogP contribution in [0.4, 0.5) is 0 Å². The van der Waals surface area contributed by atoms with Gasteiger partial charge in [-0.25, -0.2) is 0 Å². The SMILES string of the molecule is CCC(O)Cc1ccncc1C. The smallest absolute Gasteiger partial charge is 0.0578 e. The number of aliphatic hydroxyl groups is 1. The highest BCUT2D eigenvalue weighted by atomic mass is 16.3. The molecule has 1 N–H and O–H groups in total. The number of nitrogens with zero attached hydrogens (tertiary/aromatic N) is 1. The quantitative estimate of drug-likeness (QED) is 0.739. The van der Waals surface area contributed by atoms with Crippen LogP contribution < -0.4 is 0 Å². The van der Waals surface area contributed by atoms with Crippen LogP contribution in [-0.2, 0) is 6.42 Å². The molecular weight excluding hydrogens is 150 g/mol. The molecule has 2 heteroatoms. The molecule has 0 saturated heterocycles. The van der Waals surface area contributed by atoms with Gasteiger partial charge in [0.15, 0.2) is 0 Å². The Balaban J connectivity index is 2.69. The number of aliphatic hydroxyl groups excluding tert-OH is 1. The zero-order chi connectivity index (χ0) is 8.97. The Morgan fingerprint density at radius 1 is 1.58 bits per heavy atom. The van der Waals surface area contributed by atoms with Gasteiger partial charge in [0, 0.05) is 12.4 Å². The van der Waals surface area contributed by atoms with Gasteiger partial charge >= 0.3 is 0 Å². The van der Waals surface area contributed by atoms with E-state index in [9.17, 15) is 5.11 Å². The maximum absolute atomic E-state index is 9.42. The largest absolute Gasteiger partial charge is 0.393 e. The van der Waals surface area contributed by atoms with Crippen molar-refractivity contribution in [2.24, 2.45) is 0 Å². The third kappa shape index (κ3) is 2.31. The van der Waals surface area contributed by atoms with Crippen molar-refractivity contribution in [3.05, 3.63) is 29.6 Å². The molecule has 0 aliphatic heterocycles. The highest BCUT2D eigenvalue weighted by molar-refractivity contribution is 5.22. The van der Waals surface area contributed by atoms with Crippen LogP contribution in [0.1, 0.15) is 24.5 Å². The monoisotopic (exact) mass is 165 g/mol. The Morgan fingerprint density at radius 2 is 2.33 bits per heavy atom. The van der Waals surface area contributed by atoms with Crippen molar-refractivity contribution in [3.8, 4) is 0 Å². The Labute approximate surface area is 73.3 Å². The number of pyridine rings is 1. The maximum Gasteiger partial charge on any atom is 0.0578 e. The molecule has 2 nitrogen and oxygen atoms in total. The van der Waals surface area contributed by atoms with Crippen molar-refractivity contribution >= 4 is 0 Å². The summed E-state index contributed by atoms with van der Waals surface area (Å²) in [5.41, 5.74) is 2.35. The first-order valence-electron chi connectivity index (χ1n) is 4.31. The first-order chi connectivity index (χ1) is 5.74. The van der Waals surface area contributed by atoms with E-state index < -0.39 is 0 Å². The lowest BCUT2D eigenvalue weighted by atomic mass is 10.0. The van der Waals surface area contributed by atoms with E-state index in [0.29, 0.717) is 0 Å². The number of hydrogen-bond donors (Lipinski definition) is 1. The van der Waals surface area contributed by atoms with Crippen LogP contribution >= 0.6 is 0 Å². The van der Waals surface area contributed by atoms with Crippen LogP contribution in [0.3, 0.4) is 0 Å². The minimum atomic E-state index is -0.217. The van der Waals surface area contributed by atoms with Gasteiger partial charge in [0.2, 0.25) is 0 Å². The van der Waals surface area contributed by atoms with E-state index in [-0.39, 0.29) is 6.10 Å². The van der Waals surface area contributed by atoms with Crippen molar-refractivity contribution in [2.45, 2.75) is 32.8 Å². The minimum Gasteiger partial charge on any atom is -0.393 e. The Kier molecular flexibility index (Phi) is 3.23. The molecule has 66 valence electrons. The molecule has 1 rings (SSSR count). The van der Waals surface area contributed by atoms with Crippen molar-refractivity contribution in [2.75, 3.05) is 0 Å². The molecule has 0 spiro atoms. The first kappa shape index (κ1) is 9.20. The fourth-order valence-corrected chi connectivity index (χ4v) is 1.13. The van der Waals surface area contributed by atoms with Crippen molar-refractivity contribution < 1.29 is 5.11 Å². The number of aromatic nitrogens is 1. The molecule has 0 aliphatic carbocycles. The van der Waals surface area contributed by atoms with E-state index in [1.807, 2.05) is 26.1 Å². The van der Waals surface area contributed by atoms with Crippen LogP contribution in [-0.4, -0.2) is 16.2 Å². The molecule has 0 saturated carbocycles. The predicted molar refractivity (Wildman–Crippen MR) is 49.0 cm³/mol. The Morgan fingerprint density at radius 3 is 2.92 bits per heavy atom. The molecule has 0 fully saturated rings. The molecule has 0 bridgehead atoms. The number of aryl methyl sites for hydroxylation is 1. The molecule has 0 radical (unpaired) electrons. The third-order valence-electron chi connectivity index (χ3n) is 2.06. The van der Waals surface area contributed by atoms with Gasteiger partial charge in [0.1, 0.15) is 0 Å². The lowest BCUT2D eigenvalue weighted by molar-refractivity contribution is 0.170. The number of rotatable bonds is 3. The molecular formula is C10H15NO. The molecule has 1 aromatic rings. The number of hydrogen-bond acceptors (Lipinski definition) is 2. The molecule has 1 atom stereocenters. The third-order valence-corrected chi connectivity index (χ3v) is 2.06. The summed E-state index contributed by atoms with van der Waals surface area (Å²) in [5, 5.41) is 9.42. The second-order valence-electron chi connectivity index (χ2n) is 3.07. The summed E-state index contributed by atoms with van der Waals surface area (Å²) in [7, 11) is 0. The summed E-state index contributed by atoms with van der Waals surface area (Å²) >= 11 is 0. The molecule has 0 aromatic carbocycles. The summed E-state index contributed by atoms with van der Waals surface area (Å²) in [5.74, 6) is 0. The Hall–Kier alpha value is -0.890. The molecule has 1 heterocycles. The lowest BCUT2D eigenvalue weighted by Gasteiger charge is -2.08. The zero-order valence-corrected chi connectivity index (χ0v) is 7.62. The standard InChI is InChI=1S/C10H15NO/c1-3-10(12)6-9-4-5-11-7-8(9)2/h4-5,7,10,12H,3,6H2,1-2H3. The second kappa shape index (κ2) is 4.21. The average Bonchev–Trinajstić information content (AvgIpc) is 2.09. The van der Waals surface area contributed by atoms with Crippen LogP contribution in [0.15, 0.2) is 18.5 Å². The molecule has 1 aromatic heterocycles. The summed E-state index contributed by atoms with van der Waals surface area (Å²) in [4.78, 5) is 4.00. The summed E-state index contributed by atoms with van der Waals surface area (Å²) in [6.07, 6.45) is 4.93. The van der Waals surface area contributed by atoms with Crippen molar-refractivity contribution in [3.63, 3.8) is 0 Å². The van der Waals surface area contributed by atoms with E-state index in [1.165, 1.54) is 5.56 Å². The van der Waals surface area contributed by atoms with E-state index in [1.54, 1.807) is 6.20 Å². The minimum absolute atomic E-state index is 0.217. The second-order valence-corrected chi connectivity index (χ2v) is 3.07. The van der Waals surface area contributed by atoms with Crippen LogP contribution in [0.2, 0.25) is 0 Å². The lowest BCUT2D eigenvalue weighted by Crippen LogP contribution is -2.09. The van der Waals surface area contributed by atoms with E-state index in [4.69, 9.17) is 0 Å². The van der Waals surface area contributed by atoms with Crippen LogP contribution in [0, 0.1) is 6.92 Å². The predicted octanol–water partition coefficient (Wildman–Crippen LogP) is 1.70. The molecule has 1 unspecified atom stereocenters. The van der Waals surface area contributed by atoms with Gasteiger partial charge in [-0.05, 0) is 37.0 Å². The van der Waals surface area contributed by atoms with Gasteiger partial charge in [0.05, 0.1) is 6.10 Å². The molecule has 0 aliphatic rings. The van der Waals surface area contributed by atoms with Gasteiger partial charge in [0.25, 0.3) is 0 Å². The summed E-state index contributed by atoms with van der Waals surface area (Å²) in [6, 6.07) is 1.97. The summed E-state index contributed by atoms with van der Waals surface area (Å²) < 4.78 is 0. The first-order valence-corrected chi connectivity index (χ1v) is 4.31. The van der Waals surface area contributed by atoms with Crippen molar-refractivity contribution in [1.29, 1.82) is 0 Å². The van der Waals surface area contributed by atoms with E-state index in [2.05, 4.69) is 4.98 Å². The van der Waals surface area contributed by atoms with Crippen molar-refractivity contribution in [1.82, 2.24) is 4.98 Å². The van der Waals surface area contributed by atoms with Crippen LogP contribution in [0.5, 0.6) is 0 Å². The topological polar surface area (TPSA) is 33.1 Å². The molecule has 12 heavy (non-hydrogen) atoms. The van der Waals surface area contributed by atoms with Gasteiger partial charge in [-0.1, -0.05) is 6.92 Å². The maximum atomic E-state index is 9.42. The van der Waals surface area contributed by atoms with E-state index in [0.717, 1.165) is 18.4 Å². The fraction of sp³-hybridized carbons (Fsp3) is 0.500. The van der Waals surface area contributed by atoms with Gasteiger partial charge in [-0.3, -0.25) is 4.98 Å². The normalized spacial score (nSPS) is 12.9. The fourth-order valence-electron chi connectivity index (χ4n) is 1.13. The highest BCUT2D eigenvalue weighted by Gasteiger charge is 2.04. The highest BCUT2D eigenvalue weighted by Crippen LogP contribution is 2.09. The zero-order valence-electron chi connectivity index (χ0n) is 7.62. The average molecular weight is 165 g/mol. The van der Waals surface area contributed by atoms with Gasteiger partial charge < -0.3 is 5.11 Å². The van der Waals surface area contributed by atoms with E-state index >= 15 is 0 Å². The van der Waals surface area contributed by atoms with Crippen LogP contribution in [0.25, 0.3) is 0 Å².